The minimum absolute atomic E-state index is 0.116. The first-order chi connectivity index (χ1) is 10.6. The number of benzene rings is 1. The topological polar surface area (TPSA) is 80.9 Å². The summed E-state index contributed by atoms with van der Waals surface area (Å²) < 4.78 is 13.2. The number of ketones is 1. The van der Waals surface area contributed by atoms with Crippen LogP contribution in [0.15, 0.2) is 48.8 Å². The van der Waals surface area contributed by atoms with Crippen molar-refractivity contribution in [2.45, 2.75) is 0 Å². The number of nitrogens with two attached hydrogens (primary N) is 1. The molecule has 3 rings (SSSR count). The first-order valence-corrected chi connectivity index (χ1v) is 7.19. The molecule has 0 amide bonds. The summed E-state index contributed by atoms with van der Waals surface area (Å²) in [7, 11) is 0. The van der Waals surface area contributed by atoms with Crippen LogP contribution in [0.2, 0.25) is 0 Å². The summed E-state index contributed by atoms with van der Waals surface area (Å²) in [4.78, 5) is 20.7. The van der Waals surface area contributed by atoms with Crippen molar-refractivity contribution in [2.75, 3.05) is 11.1 Å². The molecule has 2 aromatic heterocycles. The standard InChI is InChI=1S/C15H11FN4OS/c16-10-4-1-3-9(7-10)12(21)13-14(17)20-15(22-13)19-11-5-2-6-18-8-11/h1-8H,17H2,(H,19,20). The monoisotopic (exact) mass is 314 g/mol. The van der Waals surface area contributed by atoms with Gasteiger partial charge >= 0.3 is 0 Å². The van der Waals surface area contributed by atoms with Crippen molar-refractivity contribution >= 4 is 33.8 Å². The largest absolute Gasteiger partial charge is 0.382 e. The van der Waals surface area contributed by atoms with Crippen LogP contribution in [-0.4, -0.2) is 15.8 Å². The van der Waals surface area contributed by atoms with E-state index in [0.717, 1.165) is 17.0 Å². The van der Waals surface area contributed by atoms with Crippen molar-refractivity contribution in [3.8, 4) is 0 Å². The van der Waals surface area contributed by atoms with E-state index >= 15 is 0 Å². The molecule has 5 nitrogen and oxygen atoms in total. The zero-order valence-corrected chi connectivity index (χ0v) is 12.1. The average molecular weight is 314 g/mol. The lowest BCUT2D eigenvalue weighted by atomic mass is 10.1. The van der Waals surface area contributed by atoms with Gasteiger partial charge in [-0.05, 0) is 24.3 Å². The Morgan fingerprint density at radius 2 is 2.14 bits per heavy atom. The number of thiazole rings is 1. The van der Waals surface area contributed by atoms with E-state index in [1.807, 2.05) is 6.07 Å². The molecule has 0 aliphatic heterocycles. The number of hydrogen-bond donors (Lipinski definition) is 2. The van der Waals surface area contributed by atoms with Crippen molar-refractivity contribution in [2.24, 2.45) is 0 Å². The molecule has 0 radical (unpaired) electrons. The van der Waals surface area contributed by atoms with Crippen molar-refractivity contribution in [3.63, 3.8) is 0 Å². The average Bonchev–Trinajstić information content (AvgIpc) is 2.88. The highest BCUT2D eigenvalue weighted by atomic mass is 32.1. The van der Waals surface area contributed by atoms with Crippen LogP contribution in [0, 0.1) is 5.82 Å². The van der Waals surface area contributed by atoms with Gasteiger partial charge < -0.3 is 11.1 Å². The van der Waals surface area contributed by atoms with E-state index in [0.29, 0.717) is 5.13 Å². The van der Waals surface area contributed by atoms with Crippen molar-refractivity contribution in [1.29, 1.82) is 0 Å². The normalized spacial score (nSPS) is 10.4. The number of nitrogen functional groups attached to an aromatic ring is 1. The summed E-state index contributed by atoms with van der Waals surface area (Å²) in [6, 6.07) is 9.07. The maximum atomic E-state index is 13.2. The molecular formula is C15H11FN4OS. The van der Waals surface area contributed by atoms with E-state index in [2.05, 4.69) is 15.3 Å². The molecule has 0 fully saturated rings. The fraction of sp³-hybridized carbons (Fsp3) is 0. The first-order valence-electron chi connectivity index (χ1n) is 6.37. The number of nitrogens with zero attached hydrogens (tertiary/aromatic N) is 2. The molecule has 3 aromatic rings. The molecule has 110 valence electrons. The predicted octanol–water partition coefficient (Wildman–Crippen LogP) is 3.23. The van der Waals surface area contributed by atoms with E-state index in [1.165, 1.54) is 18.2 Å². The molecule has 0 aliphatic rings. The van der Waals surface area contributed by atoms with Gasteiger partial charge in [-0.2, -0.15) is 0 Å². The molecule has 0 aliphatic carbocycles. The Morgan fingerprint density at radius 3 is 2.86 bits per heavy atom. The van der Waals surface area contributed by atoms with Gasteiger partial charge in [-0.3, -0.25) is 9.78 Å². The first kappa shape index (κ1) is 14.2. The third-order valence-corrected chi connectivity index (χ3v) is 3.84. The van der Waals surface area contributed by atoms with Gasteiger partial charge in [0.1, 0.15) is 16.5 Å². The smallest absolute Gasteiger partial charge is 0.206 e. The quantitative estimate of drug-likeness (QED) is 0.723. The van der Waals surface area contributed by atoms with Gasteiger partial charge in [-0.15, -0.1) is 0 Å². The molecule has 0 bridgehead atoms. The Bertz CT molecular complexity index is 819. The molecule has 7 heteroatoms. The van der Waals surface area contributed by atoms with Gasteiger partial charge in [0.05, 0.1) is 11.9 Å². The SMILES string of the molecule is Nc1nc(Nc2cccnc2)sc1C(=O)c1cccc(F)c1. The van der Waals surface area contributed by atoms with Crippen molar-refractivity contribution in [3.05, 3.63) is 65.0 Å². The molecule has 0 atom stereocenters. The number of aromatic nitrogens is 2. The Morgan fingerprint density at radius 1 is 1.27 bits per heavy atom. The number of rotatable bonds is 4. The minimum atomic E-state index is -0.470. The van der Waals surface area contributed by atoms with E-state index in [-0.39, 0.29) is 22.0 Å². The number of carbonyl (C=O) groups excluding carboxylic acids is 1. The van der Waals surface area contributed by atoms with Gasteiger partial charge in [-0.25, -0.2) is 9.37 Å². The van der Waals surface area contributed by atoms with Crippen LogP contribution in [0.25, 0.3) is 0 Å². The number of hydrogen-bond acceptors (Lipinski definition) is 6. The fourth-order valence-corrected chi connectivity index (χ4v) is 2.74. The van der Waals surface area contributed by atoms with Gasteiger partial charge in [0.25, 0.3) is 0 Å². The fourth-order valence-electron chi connectivity index (χ4n) is 1.87. The summed E-state index contributed by atoms with van der Waals surface area (Å²) in [6.07, 6.45) is 3.28. The molecule has 0 saturated heterocycles. The van der Waals surface area contributed by atoms with E-state index in [4.69, 9.17) is 5.73 Å². The summed E-state index contributed by atoms with van der Waals surface area (Å²) in [5.74, 6) is -0.706. The molecule has 0 spiro atoms. The van der Waals surface area contributed by atoms with Crippen LogP contribution in [0.3, 0.4) is 0 Å². The second-order valence-electron chi connectivity index (χ2n) is 4.44. The maximum Gasteiger partial charge on any atom is 0.206 e. The number of carbonyl (C=O) groups is 1. The number of anilines is 3. The lowest BCUT2D eigenvalue weighted by molar-refractivity contribution is 0.104. The van der Waals surface area contributed by atoms with E-state index in [1.54, 1.807) is 24.5 Å². The van der Waals surface area contributed by atoms with Gasteiger partial charge in [0, 0.05) is 11.8 Å². The highest BCUT2D eigenvalue weighted by Gasteiger charge is 2.18. The zero-order valence-electron chi connectivity index (χ0n) is 11.3. The van der Waals surface area contributed by atoms with Crippen molar-refractivity contribution < 1.29 is 9.18 Å². The highest BCUT2D eigenvalue weighted by Crippen LogP contribution is 2.29. The molecule has 22 heavy (non-hydrogen) atoms. The van der Waals surface area contributed by atoms with Gasteiger partial charge in [0.15, 0.2) is 5.13 Å². The molecule has 0 unspecified atom stereocenters. The molecule has 0 saturated carbocycles. The molecule has 3 N–H and O–H groups in total. The summed E-state index contributed by atoms with van der Waals surface area (Å²) in [6.45, 7) is 0. The summed E-state index contributed by atoms with van der Waals surface area (Å²) in [5.41, 5.74) is 6.78. The third kappa shape index (κ3) is 2.94. The van der Waals surface area contributed by atoms with Crippen LogP contribution in [0.4, 0.5) is 21.0 Å². The van der Waals surface area contributed by atoms with E-state index in [9.17, 15) is 9.18 Å². The lowest BCUT2D eigenvalue weighted by Gasteiger charge is -2.00. The Labute approximate surface area is 129 Å². The van der Waals surface area contributed by atoms with Crippen LogP contribution in [-0.2, 0) is 0 Å². The van der Waals surface area contributed by atoms with Crippen LogP contribution in [0.1, 0.15) is 15.2 Å². The Balaban J connectivity index is 1.88. The van der Waals surface area contributed by atoms with Crippen LogP contribution >= 0.6 is 11.3 Å². The predicted molar refractivity (Wildman–Crippen MR) is 83.9 cm³/mol. The number of halogens is 1. The molecule has 2 heterocycles. The summed E-state index contributed by atoms with van der Waals surface area (Å²) in [5, 5.41) is 3.50. The summed E-state index contributed by atoms with van der Waals surface area (Å²) >= 11 is 1.12. The highest BCUT2D eigenvalue weighted by molar-refractivity contribution is 7.18. The second-order valence-corrected chi connectivity index (χ2v) is 5.44. The third-order valence-electron chi connectivity index (χ3n) is 2.86. The van der Waals surface area contributed by atoms with E-state index < -0.39 is 5.82 Å². The Hall–Kier alpha value is -2.80. The Kier molecular flexibility index (Phi) is 3.80. The molecule has 1 aromatic carbocycles. The molecular weight excluding hydrogens is 303 g/mol. The lowest BCUT2D eigenvalue weighted by Crippen LogP contribution is -2.02. The number of pyridine rings is 1. The van der Waals surface area contributed by atoms with Crippen LogP contribution in [0.5, 0.6) is 0 Å². The van der Waals surface area contributed by atoms with Gasteiger partial charge in [0.2, 0.25) is 5.78 Å². The van der Waals surface area contributed by atoms with Gasteiger partial charge in [-0.1, -0.05) is 23.5 Å². The minimum Gasteiger partial charge on any atom is -0.382 e. The second kappa shape index (κ2) is 5.90. The van der Waals surface area contributed by atoms with Crippen molar-refractivity contribution in [1.82, 2.24) is 9.97 Å². The number of nitrogens with one attached hydrogen (secondary N) is 1. The maximum absolute atomic E-state index is 13.2. The zero-order chi connectivity index (χ0) is 15.5. The van der Waals surface area contributed by atoms with Crippen LogP contribution < -0.4 is 11.1 Å².